The van der Waals surface area contributed by atoms with Crippen molar-refractivity contribution in [2.75, 3.05) is 11.5 Å². The van der Waals surface area contributed by atoms with E-state index in [-0.39, 0.29) is 12.2 Å². The molecule has 0 aliphatic carbocycles. The Morgan fingerprint density at radius 3 is 2.19 bits per heavy atom. The van der Waals surface area contributed by atoms with Crippen LogP contribution in [0.25, 0.3) is 0 Å². The maximum absolute atomic E-state index is 13.7. The molecule has 0 aliphatic heterocycles. The molecule has 7 heteroatoms. The maximum atomic E-state index is 13.7. The van der Waals surface area contributed by atoms with Crippen LogP contribution in [0.4, 0.5) is 8.78 Å². The van der Waals surface area contributed by atoms with E-state index < -0.39 is 39.2 Å². The molecule has 0 aliphatic rings. The van der Waals surface area contributed by atoms with E-state index in [1.807, 2.05) is 30.3 Å². The topological polar surface area (TPSA) is 63.2 Å². The van der Waals surface area contributed by atoms with Crippen LogP contribution in [0.5, 0.6) is 0 Å². The molecule has 0 saturated heterocycles. The standard InChI is InChI=1S/C25H25F2NO3S/c26-22-12-4-9-20(15-22)16-24(21-11-5-13-23(27)17-21)28-25(29)18-32(30,31)14-6-10-19-7-2-1-3-8-19/h1-5,7-9,11-13,15,17,24H,6,10,14,16,18H2,(H,28,29). The zero-order valence-electron chi connectivity index (χ0n) is 17.5. The number of amides is 1. The SMILES string of the molecule is O=C(CS(=O)(=O)CCCc1ccccc1)NC(Cc1cccc(F)c1)c1cccc(F)c1. The first-order valence-corrected chi connectivity index (χ1v) is 12.2. The first-order valence-electron chi connectivity index (χ1n) is 10.3. The molecule has 3 rings (SSSR count). The maximum Gasteiger partial charge on any atom is 0.235 e. The summed E-state index contributed by atoms with van der Waals surface area (Å²) in [6.45, 7) is 0. The Bertz CT molecular complexity index is 1150. The van der Waals surface area contributed by atoms with Crippen LogP contribution in [0.1, 0.15) is 29.2 Å². The number of benzene rings is 3. The number of carbonyl (C=O) groups is 1. The first-order chi connectivity index (χ1) is 15.3. The van der Waals surface area contributed by atoms with E-state index in [0.29, 0.717) is 24.0 Å². The van der Waals surface area contributed by atoms with Crippen LogP contribution in [0.15, 0.2) is 78.9 Å². The summed E-state index contributed by atoms with van der Waals surface area (Å²) in [5, 5.41) is 2.69. The van der Waals surface area contributed by atoms with Gasteiger partial charge in [0.25, 0.3) is 0 Å². The molecular formula is C25H25F2NO3S. The summed E-state index contributed by atoms with van der Waals surface area (Å²) in [5.41, 5.74) is 2.11. The number of carbonyl (C=O) groups excluding carboxylic acids is 1. The number of nitrogens with one attached hydrogen (secondary N) is 1. The van der Waals surface area contributed by atoms with Crippen LogP contribution in [-0.4, -0.2) is 25.8 Å². The minimum Gasteiger partial charge on any atom is -0.348 e. The largest absolute Gasteiger partial charge is 0.348 e. The van der Waals surface area contributed by atoms with Crippen molar-refractivity contribution >= 4 is 15.7 Å². The van der Waals surface area contributed by atoms with Crippen molar-refractivity contribution in [1.82, 2.24) is 5.32 Å². The molecule has 0 radical (unpaired) electrons. The highest BCUT2D eigenvalue weighted by molar-refractivity contribution is 7.92. The summed E-state index contributed by atoms with van der Waals surface area (Å²) >= 11 is 0. The first kappa shape index (κ1) is 23.6. The minimum atomic E-state index is -3.61. The lowest BCUT2D eigenvalue weighted by atomic mass is 9.98. The fraction of sp³-hybridized carbons (Fsp3) is 0.240. The molecule has 1 unspecified atom stereocenters. The van der Waals surface area contributed by atoms with E-state index in [9.17, 15) is 22.0 Å². The molecule has 0 bridgehead atoms. The monoisotopic (exact) mass is 457 g/mol. The van der Waals surface area contributed by atoms with Gasteiger partial charge in [-0.15, -0.1) is 0 Å². The molecule has 0 fully saturated rings. The van der Waals surface area contributed by atoms with Crippen LogP contribution < -0.4 is 5.32 Å². The lowest BCUT2D eigenvalue weighted by Crippen LogP contribution is -2.35. The van der Waals surface area contributed by atoms with Crippen molar-refractivity contribution in [1.29, 1.82) is 0 Å². The Labute approximate surface area is 187 Å². The van der Waals surface area contributed by atoms with E-state index in [0.717, 1.165) is 5.56 Å². The lowest BCUT2D eigenvalue weighted by Gasteiger charge is -2.20. The van der Waals surface area contributed by atoms with Gasteiger partial charge >= 0.3 is 0 Å². The van der Waals surface area contributed by atoms with Crippen molar-refractivity contribution in [3.05, 3.63) is 107 Å². The van der Waals surface area contributed by atoms with Gasteiger partial charge in [-0.25, -0.2) is 17.2 Å². The number of hydrogen-bond donors (Lipinski definition) is 1. The zero-order valence-corrected chi connectivity index (χ0v) is 18.3. The zero-order chi connectivity index (χ0) is 23.0. The summed E-state index contributed by atoms with van der Waals surface area (Å²) in [5.74, 6) is -2.33. The number of halogens is 2. The van der Waals surface area contributed by atoms with Gasteiger partial charge in [0, 0.05) is 0 Å². The second-order valence-electron chi connectivity index (χ2n) is 7.69. The predicted molar refractivity (Wildman–Crippen MR) is 121 cm³/mol. The van der Waals surface area contributed by atoms with Crippen molar-refractivity contribution in [3.8, 4) is 0 Å². The quantitative estimate of drug-likeness (QED) is 0.491. The highest BCUT2D eigenvalue weighted by Gasteiger charge is 2.21. The van der Waals surface area contributed by atoms with Crippen LogP contribution in [0, 0.1) is 11.6 Å². The molecule has 0 aromatic heterocycles. The molecule has 4 nitrogen and oxygen atoms in total. The summed E-state index contributed by atoms with van der Waals surface area (Å²) < 4.78 is 52.2. The lowest BCUT2D eigenvalue weighted by molar-refractivity contribution is -0.119. The molecule has 3 aromatic carbocycles. The van der Waals surface area contributed by atoms with Crippen molar-refractivity contribution in [2.24, 2.45) is 0 Å². The number of sulfone groups is 1. The number of aryl methyl sites for hydroxylation is 1. The predicted octanol–water partition coefficient (Wildman–Crippen LogP) is 4.41. The average molecular weight is 458 g/mol. The van der Waals surface area contributed by atoms with Gasteiger partial charge in [0.1, 0.15) is 17.4 Å². The van der Waals surface area contributed by atoms with Crippen LogP contribution in [-0.2, 0) is 27.5 Å². The third kappa shape index (κ3) is 7.57. The van der Waals surface area contributed by atoms with Gasteiger partial charge in [0.15, 0.2) is 9.84 Å². The van der Waals surface area contributed by atoms with E-state index >= 15 is 0 Å². The Hall–Kier alpha value is -3.06. The second-order valence-corrected chi connectivity index (χ2v) is 9.87. The molecular weight excluding hydrogens is 432 g/mol. The summed E-state index contributed by atoms with van der Waals surface area (Å²) in [4.78, 5) is 12.6. The Morgan fingerprint density at radius 1 is 0.844 bits per heavy atom. The molecule has 168 valence electrons. The molecule has 32 heavy (non-hydrogen) atoms. The third-order valence-electron chi connectivity index (χ3n) is 5.03. The second kappa shape index (κ2) is 11.0. The fourth-order valence-electron chi connectivity index (χ4n) is 3.52. The normalized spacial score (nSPS) is 12.3. The van der Waals surface area contributed by atoms with Gasteiger partial charge in [-0.2, -0.15) is 0 Å². The summed E-state index contributed by atoms with van der Waals surface area (Å²) in [6.07, 6.45) is 1.21. The molecule has 3 aromatic rings. The molecule has 0 saturated carbocycles. The Morgan fingerprint density at radius 2 is 1.50 bits per heavy atom. The van der Waals surface area contributed by atoms with Gasteiger partial charge in [-0.3, -0.25) is 4.79 Å². The van der Waals surface area contributed by atoms with Gasteiger partial charge in [-0.1, -0.05) is 54.6 Å². The highest BCUT2D eigenvalue weighted by Crippen LogP contribution is 2.20. The molecule has 1 atom stereocenters. The van der Waals surface area contributed by atoms with Gasteiger partial charge in [-0.05, 0) is 60.2 Å². The van der Waals surface area contributed by atoms with Crippen molar-refractivity contribution < 1.29 is 22.0 Å². The Balaban J connectivity index is 1.64. The molecule has 1 N–H and O–H groups in total. The molecule has 0 spiro atoms. The fourth-order valence-corrected chi connectivity index (χ4v) is 4.74. The van der Waals surface area contributed by atoms with E-state index in [1.165, 1.54) is 30.3 Å². The van der Waals surface area contributed by atoms with Gasteiger partial charge in [0.05, 0.1) is 11.8 Å². The smallest absolute Gasteiger partial charge is 0.235 e. The minimum absolute atomic E-state index is 0.107. The number of hydrogen-bond acceptors (Lipinski definition) is 3. The van der Waals surface area contributed by atoms with Crippen LogP contribution in [0.2, 0.25) is 0 Å². The average Bonchev–Trinajstić information content (AvgIpc) is 2.73. The number of rotatable bonds is 10. The molecule has 0 heterocycles. The van der Waals surface area contributed by atoms with E-state index in [1.54, 1.807) is 18.2 Å². The summed E-state index contributed by atoms with van der Waals surface area (Å²) in [7, 11) is -3.61. The highest BCUT2D eigenvalue weighted by atomic mass is 32.2. The van der Waals surface area contributed by atoms with Crippen molar-refractivity contribution in [3.63, 3.8) is 0 Å². The third-order valence-corrected chi connectivity index (χ3v) is 6.64. The van der Waals surface area contributed by atoms with Crippen molar-refractivity contribution in [2.45, 2.75) is 25.3 Å². The van der Waals surface area contributed by atoms with E-state index in [4.69, 9.17) is 0 Å². The molecule has 1 amide bonds. The van der Waals surface area contributed by atoms with Crippen LogP contribution >= 0.6 is 0 Å². The van der Waals surface area contributed by atoms with Gasteiger partial charge in [0.2, 0.25) is 5.91 Å². The Kier molecular flexibility index (Phi) is 8.11. The summed E-state index contributed by atoms with van der Waals surface area (Å²) in [6, 6.07) is 20.4. The van der Waals surface area contributed by atoms with Gasteiger partial charge < -0.3 is 5.32 Å². The van der Waals surface area contributed by atoms with E-state index in [2.05, 4.69) is 5.32 Å². The van der Waals surface area contributed by atoms with Crippen LogP contribution in [0.3, 0.4) is 0 Å².